The maximum atomic E-state index is 11.5. The number of hydrogen-bond donors (Lipinski definition) is 2. The van der Waals surface area contributed by atoms with Gasteiger partial charge in [-0.15, -0.1) is 0 Å². The van der Waals surface area contributed by atoms with Crippen LogP contribution in [-0.4, -0.2) is 48.1 Å². The predicted octanol–water partition coefficient (Wildman–Crippen LogP) is 0.843. The van der Waals surface area contributed by atoms with Gasteiger partial charge in [-0.05, 0) is 23.8 Å². The smallest absolute Gasteiger partial charge is 0.322 e. The Labute approximate surface area is 124 Å². The summed E-state index contributed by atoms with van der Waals surface area (Å²) in [4.78, 5) is 24.3. The predicted molar refractivity (Wildman–Crippen MR) is 75.5 cm³/mol. The van der Waals surface area contributed by atoms with E-state index >= 15 is 0 Å². The summed E-state index contributed by atoms with van der Waals surface area (Å²) < 4.78 is 6.01. The Balaban J connectivity index is 2.21. The molecule has 2 N–H and O–H groups in total. The topological polar surface area (TPSA) is 78.9 Å². The van der Waals surface area contributed by atoms with Crippen LogP contribution in [0, 0.1) is 0 Å². The molecule has 1 aromatic carbocycles. The zero-order valence-electron chi connectivity index (χ0n) is 10.9. The number of nitrogens with zero attached hydrogens (tertiary/aromatic N) is 1. The summed E-state index contributed by atoms with van der Waals surface area (Å²) >= 11 is 3.43. The fourth-order valence-corrected chi connectivity index (χ4v) is 2.49. The van der Waals surface area contributed by atoms with Crippen molar-refractivity contribution in [1.82, 2.24) is 10.2 Å². The van der Waals surface area contributed by atoms with Crippen LogP contribution in [0.2, 0.25) is 0 Å². The van der Waals surface area contributed by atoms with E-state index in [-0.39, 0.29) is 19.0 Å². The molecule has 0 bridgehead atoms. The van der Waals surface area contributed by atoms with Crippen LogP contribution in [0.3, 0.4) is 0 Å². The molecule has 1 atom stereocenters. The fourth-order valence-electron chi connectivity index (χ4n) is 2.12. The third-order valence-corrected chi connectivity index (χ3v) is 3.97. The highest BCUT2D eigenvalue weighted by atomic mass is 79.9. The lowest BCUT2D eigenvalue weighted by molar-refractivity contribution is -0.146. The zero-order chi connectivity index (χ0) is 14.7. The van der Waals surface area contributed by atoms with E-state index in [4.69, 9.17) is 4.74 Å². The van der Waals surface area contributed by atoms with Crippen LogP contribution >= 0.6 is 15.9 Å². The number of carboxylic acids is 1. The number of benzene rings is 1. The highest BCUT2D eigenvalue weighted by Gasteiger charge is 2.32. The minimum Gasteiger partial charge on any atom is -0.497 e. The molecule has 0 saturated carbocycles. The first kappa shape index (κ1) is 14.8. The Morgan fingerprint density at radius 3 is 3.00 bits per heavy atom. The minimum atomic E-state index is -0.941. The van der Waals surface area contributed by atoms with Crippen molar-refractivity contribution in [2.45, 2.75) is 12.6 Å². The van der Waals surface area contributed by atoms with Gasteiger partial charge in [-0.2, -0.15) is 0 Å². The maximum absolute atomic E-state index is 11.5. The molecule has 1 fully saturated rings. The van der Waals surface area contributed by atoms with E-state index < -0.39 is 12.0 Å². The SMILES string of the molecule is COc1ccc(Br)c(CN2CC(=O)NCC2C(=O)O)c1. The number of ether oxygens (including phenoxy) is 1. The molecule has 0 radical (unpaired) electrons. The van der Waals surface area contributed by atoms with Crippen molar-refractivity contribution in [1.29, 1.82) is 0 Å². The van der Waals surface area contributed by atoms with E-state index in [0.29, 0.717) is 12.3 Å². The number of carbonyl (C=O) groups is 2. The molecule has 1 unspecified atom stereocenters. The Kier molecular flexibility index (Phi) is 4.61. The quantitative estimate of drug-likeness (QED) is 0.847. The molecule has 1 aliphatic heterocycles. The number of methoxy groups -OCH3 is 1. The lowest BCUT2D eigenvalue weighted by Crippen LogP contribution is -2.56. The summed E-state index contributed by atoms with van der Waals surface area (Å²) in [6, 6.07) is 4.76. The van der Waals surface area contributed by atoms with Crippen molar-refractivity contribution in [3.05, 3.63) is 28.2 Å². The van der Waals surface area contributed by atoms with E-state index in [2.05, 4.69) is 21.2 Å². The summed E-state index contributed by atoms with van der Waals surface area (Å²) in [5, 5.41) is 11.8. The standard InChI is InChI=1S/C13H15BrN2O4/c1-20-9-2-3-10(14)8(4-9)6-16-7-12(17)15-5-11(16)13(18)19/h2-4,11H,5-7H2,1H3,(H,15,17)(H,18,19). The summed E-state index contributed by atoms with van der Waals surface area (Å²) in [7, 11) is 1.57. The van der Waals surface area contributed by atoms with E-state index in [9.17, 15) is 14.7 Å². The number of amides is 1. The molecule has 0 aromatic heterocycles. The van der Waals surface area contributed by atoms with Crippen molar-refractivity contribution in [3.63, 3.8) is 0 Å². The molecule has 0 spiro atoms. The van der Waals surface area contributed by atoms with Crippen LogP contribution in [0.4, 0.5) is 0 Å². The number of hydrogen-bond acceptors (Lipinski definition) is 4. The van der Waals surface area contributed by atoms with Crippen molar-refractivity contribution >= 4 is 27.8 Å². The average Bonchev–Trinajstić information content (AvgIpc) is 2.41. The highest BCUT2D eigenvalue weighted by molar-refractivity contribution is 9.10. The molecule has 1 saturated heterocycles. The van der Waals surface area contributed by atoms with Crippen LogP contribution in [0.5, 0.6) is 5.75 Å². The molecule has 1 amide bonds. The van der Waals surface area contributed by atoms with E-state index in [1.54, 1.807) is 12.0 Å². The number of halogens is 1. The van der Waals surface area contributed by atoms with Gasteiger partial charge >= 0.3 is 5.97 Å². The first-order valence-corrected chi connectivity index (χ1v) is 6.86. The molecule has 108 valence electrons. The summed E-state index contributed by atoms with van der Waals surface area (Å²) in [5.74, 6) is -0.415. The number of aliphatic carboxylic acids is 1. The molecule has 0 aliphatic carbocycles. The molecule has 7 heteroatoms. The van der Waals surface area contributed by atoms with Crippen LogP contribution in [0.1, 0.15) is 5.56 Å². The van der Waals surface area contributed by atoms with E-state index in [1.807, 2.05) is 18.2 Å². The number of piperazine rings is 1. The van der Waals surface area contributed by atoms with Gasteiger partial charge in [0, 0.05) is 17.6 Å². The Morgan fingerprint density at radius 2 is 2.35 bits per heavy atom. The van der Waals surface area contributed by atoms with Crippen LogP contribution in [-0.2, 0) is 16.1 Å². The van der Waals surface area contributed by atoms with E-state index in [1.165, 1.54) is 0 Å². The second-order valence-corrected chi connectivity index (χ2v) is 5.37. The number of carboxylic acid groups (broad SMARTS) is 1. The third-order valence-electron chi connectivity index (χ3n) is 3.19. The summed E-state index contributed by atoms with van der Waals surface area (Å²) in [5.41, 5.74) is 0.880. The van der Waals surface area contributed by atoms with Crippen molar-refractivity contribution in [2.24, 2.45) is 0 Å². The van der Waals surface area contributed by atoms with Gasteiger partial charge < -0.3 is 15.2 Å². The second kappa shape index (κ2) is 6.23. The van der Waals surface area contributed by atoms with Crippen LogP contribution < -0.4 is 10.1 Å². The highest BCUT2D eigenvalue weighted by Crippen LogP contribution is 2.24. The monoisotopic (exact) mass is 342 g/mol. The van der Waals surface area contributed by atoms with Crippen LogP contribution in [0.25, 0.3) is 0 Å². The largest absolute Gasteiger partial charge is 0.497 e. The fraction of sp³-hybridized carbons (Fsp3) is 0.385. The van der Waals surface area contributed by atoms with Gasteiger partial charge in [-0.3, -0.25) is 14.5 Å². The lowest BCUT2D eigenvalue weighted by Gasteiger charge is -2.32. The second-order valence-electron chi connectivity index (χ2n) is 4.52. The maximum Gasteiger partial charge on any atom is 0.322 e. The Bertz CT molecular complexity index is 535. The number of nitrogens with one attached hydrogen (secondary N) is 1. The first-order valence-electron chi connectivity index (χ1n) is 6.07. The average molecular weight is 343 g/mol. The Hall–Kier alpha value is -1.60. The molecule has 1 heterocycles. The number of carbonyl (C=O) groups excluding carboxylic acids is 1. The third kappa shape index (κ3) is 3.29. The first-order chi connectivity index (χ1) is 9.51. The summed E-state index contributed by atoms with van der Waals surface area (Å²) in [6.45, 7) is 0.554. The van der Waals surface area contributed by atoms with Gasteiger partial charge in [-0.1, -0.05) is 15.9 Å². The molecular formula is C13H15BrN2O4. The van der Waals surface area contributed by atoms with Gasteiger partial charge in [0.25, 0.3) is 0 Å². The minimum absolute atomic E-state index is 0.0701. The zero-order valence-corrected chi connectivity index (χ0v) is 12.5. The molecule has 1 aromatic rings. The van der Waals surface area contributed by atoms with Gasteiger partial charge in [0.2, 0.25) is 5.91 Å². The number of rotatable bonds is 4. The summed E-state index contributed by atoms with van der Waals surface area (Å²) in [6.07, 6.45) is 0. The Morgan fingerprint density at radius 1 is 1.60 bits per heavy atom. The van der Waals surface area contributed by atoms with Gasteiger partial charge in [0.1, 0.15) is 11.8 Å². The van der Waals surface area contributed by atoms with Crippen molar-refractivity contribution < 1.29 is 19.4 Å². The molecule has 1 aliphatic rings. The molecular weight excluding hydrogens is 328 g/mol. The van der Waals surface area contributed by atoms with Crippen molar-refractivity contribution in [3.8, 4) is 5.75 Å². The normalized spacial score (nSPS) is 19.5. The van der Waals surface area contributed by atoms with Gasteiger partial charge in [0.15, 0.2) is 0 Å². The molecule has 6 nitrogen and oxygen atoms in total. The molecule has 2 rings (SSSR count). The van der Waals surface area contributed by atoms with Gasteiger partial charge in [0.05, 0.1) is 13.7 Å². The van der Waals surface area contributed by atoms with Crippen molar-refractivity contribution in [2.75, 3.05) is 20.2 Å². The van der Waals surface area contributed by atoms with E-state index in [0.717, 1.165) is 10.0 Å². The molecule has 20 heavy (non-hydrogen) atoms. The lowest BCUT2D eigenvalue weighted by atomic mass is 10.1. The van der Waals surface area contributed by atoms with Crippen LogP contribution in [0.15, 0.2) is 22.7 Å². The van der Waals surface area contributed by atoms with Gasteiger partial charge in [-0.25, -0.2) is 0 Å².